The average Bonchev–Trinajstić information content (AvgIpc) is 4.08. The van der Waals surface area contributed by atoms with E-state index in [1.807, 2.05) is 56.3 Å². The molecular weight excluding hydrogens is 1100 g/mol. The minimum Gasteiger partial charge on any atom is -0.752 e. The van der Waals surface area contributed by atoms with Crippen LogP contribution in [0.4, 0.5) is 4.39 Å². The monoisotopic (exact) mass is 1150 g/mol. The highest BCUT2D eigenvalue weighted by atomic mass is 35.5. The number of carbonyl (C=O) groups is 1. The van der Waals surface area contributed by atoms with E-state index < -0.39 is 25.7 Å². The maximum atomic E-state index is 14.6. The molecule has 1 fully saturated rings. The number of hydrogen-bond acceptors (Lipinski definition) is 17. The fourth-order valence-electron chi connectivity index (χ4n) is 9.14. The molecule has 5 aromatic carbocycles. The summed E-state index contributed by atoms with van der Waals surface area (Å²) >= 11 is 15.9. The van der Waals surface area contributed by atoms with Crippen molar-refractivity contribution in [1.82, 2.24) is 24.8 Å². The summed E-state index contributed by atoms with van der Waals surface area (Å²) in [7, 11) is 1.49. The molecule has 0 radical (unpaired) electrons. The van der Waals surface area contributed by atoms with Crippen LogP contribution in [-0.4, -0.2) is 109 Å². The summed E-state index contributed by atoms with van der Waals surface area (Å²) in [6.07, 6.45) is 1.69. The number of ether oxygens (including phenoxy) is 6. The molecule has 412 valence electrons. The number of methoxy groups -OCH3 is 2. The second-order valence-corrected chi connectivity index (χ2v) is 21.8. The van der Waals surface area contributed by atoms with Crippen molar-refractivity contribution >= 4 is 58.5 Å². The molecule has 0 amide bonds. The fraction of sp³-hybridized carbons (Fsp3) is 0.281. The van der Waals surface area contributed by atoms with Crippen LogP contribution in [-0.2, 0) is 42.9 Å². The Hall–Kier alpha value is -6.77. The van der Waals surface area contributed by atoms with E-state index in [2.05, 4.69) is 14.4 Å². The zero-order valence-corrected chi connectivity index (χ0v) is 47.3. The second-order valence-electron chi connectivity index (χ2n) is 18.6. The van der Waals surface area contributed by atoms with Gasteiger partial charge in [0.2, 0.25) is 12.0 Å². The number of thiophene rings is 1. The number of hydroxylamine groups is 3. The zero-order chi connectivity index (χ0) is 55.8. The lowest BCUT2D eigenvalue weighted by Crippen LogP contribution is -2.57. The fourth-order valence-corrected chi connectivity index (χ4v) is 11.5. The summed E-state index contributed by atoms with van der Waals surface area (Å²) in [6.45, 7) is 6.26. The minimum absolute atomic E-state index is 0.0227. The van der Waals surface area contributed by atoms with Crippen LogP contribution >= 0.6 is 42.4 Å². The highest BCUT2D eigenvalue weighted by Crippen LogP contribution is 2.53. The van der Waals surface area contributed by atoms with E-state index >= 15 is 0 Å². The number of carbonyl (C=O) groups excluding carboxylic acids is 1. The SMILES string of the molecule is COc1ccc(COC(=O)[C@@H](Cc2ccccc2OCc2ccnc(-c3ccccc3OC)n2)Oc2ncnc3sc(-c4ccc(F)cc4)c(-c4c(C)c(Cl)c(OCCN5CC[N+](C)(OP(=O)([O-])OC)CC5)c(Cl)c4C)c23)cc1. The Morgan fingerprint density at radius 2 is 1.53 bits per heavy atom. The molecule has 0 bridgehead atoms. The van der Waals surface area contributed by atoms with Crippen LogP contribution in [0.2, 0.25) is 10.0 Å². The van der Waals surface area contributed by atoms with Gasteiger partial charge in [0.15, 0.2) is 11.6 Å². The zero-order valence-electron chi connectivity index (χ0n) is 44.1. The van der Waals surface area contributed by atoms with Crippen molar-refractivity contribution in [1.29, 1.82) is 0 Å². The van der Waals surface area contributed by atoms with Gasteiger partial charge in [0.25, 0.3) is 0 Å². The van der Waals surface area contributed by atoms with Gasteiger partial charge in [0.05, 0.1) is 61.0 Å². The van der Waals surface area contributed by atoms with Crippen molar-refractivity contribution in [2.24, 2.45) is 0 Å². The Morgan fingerprint density at radius 3 is 2.23 bits per heavy atom. The van der Waals surface area contributed by atoms with Gasteiger partial charge in [0, 0.05) is 36.7 Å². The standard InChI is InChI=1S/C57H56Cl2FN6O11PS/c1-35-47(36(2)51(59)52(50(35)58)73-30-27-65-25-28-66(3,29-26-65)77-78(68,69)72-6)48-49-55(62-34-63-56(49)79-53(48)38-17-19-40(60)20-18-38)76-46(57(67)75-32-37-15-21-42(70-4)22-16-37)31-39-11-7-9-13-44(39)74-33-41-23-24-61-54(64-41)43-12-8-10-14-45(43)71-5/h7-24,34,46H,25-33H2,1-6H3/t46-/m1/s1. The molecule has 3 aromatic heterocycles. The lowest BCUT2D eigenvalue weighted by molar-refractivity contribution is -1.07. The van der Waals surface area contributed by atoms with E-state index in [-0.39, 0.29) is 52.6 Å². The largest absolute Gasteiger partial charge is 0.752 e. The van der Waals surface area contributed by atoms with Crippen molar-refractivity contribution in [3.05, 3.63) is 159 Å². The van der Waals surface area contributed by atoms with Crippen molar-refractivity contribution in [3.63, 3.8) is 0 Å². The molecular formula is C57H56Cl2FN6O11PS. The van der Waals surface area contributed by atoms with Gasteiger partial charge in [-0.1, -0.05) is 77.8 Å². The molecule has 0 saturated carbocycles. The topological polar surface area (TPSA) is 186 Å². The van der Waals surface area contributed by atoms with Crippen LogP contribution in [0, 0.1) is 19.7 Å². The molecule has 4 heterocycles. The average molecular weight is 1150 g/mol. The summed E-state index contributed by atoms with van der Waals surface area (Å²) in [5.41, 5.74) is 5.78. The summed E-state index contributed by atoms with van der Waals surface area (Å²) in [5.74, 6) is 1.46. The summed E-state index contributed by atoms with van der Waals surface area (Å²) in [6, 6.07) is 29.8. The quantitative estimate of drug-likeness (QED) is 0.0354. The third-order valence-corrected chi connectivity index (χ3v) is 16.5. The maximum absolute atomic E-state index is 14.6. The number of rotatable bonds is 22. The number of aromatic nitrogens is 4. The molecule has 17 nitrogen and oxygen atoms in total. The number of fused-ring (bicyclic) bond motifs is 1. The van der Waals surface area contributed by atoms with E-state index in [4.69, 9.17) is 71.2 Å². The van der Waals surface area contributed by atoms with Gasteiger partial charge < -0.3 is 37.8 Å². The van der Waals surface area contributed by atoms with E-state index in [1.165, 1.54) is 29.8 Å². The third-order valence-electron chi connectivity index (χ3n) is 13.4. The maximum Gasteiger partial charge on any atom is 0.348 e. The lowest BCUT2D eigenvalue weighted by atomic mass is 9.92. The van der Waals surface area contributed by atoms with Gasteiger partial charge in [-0.25, -0.2) is 29.1 Å². The molecule has 1 aliphatic heterocycles. The number of phosphoric acid groups is 1. The summed E-state index contributed by atoms with van der Waals surface area (Å²) < 4.78 is 72.9. The van der Waals surface area contributed by atoms with Gasteiger partial charge >= 0.3 is 13.8 Å². The normalized spacial score (nSPS) is 14.6. The number of likely N-dealkylation sites (N-methyl/N-ethyl adjacent to an activating group) is 1. The van der Waals surface area contributed by atoms with Gasteiger partial charge in [-0.2, -0.15) is 4.65 Å². The molecule has 1 unspecified atom stereocenters. The first-order valence-electron chi connectivity index (χ1n) is 25.0. The van der Waals surface area contributed by atoms with E-state index in [0.29, 0.717) is 110 Å². The van der Waals surface area contributed by atoms with Crippen LogP contribution in [0.3, 0.4) is 0 Å². The van der Waals surface area contributed by atoms with Crippen LogP contribution < -0.4 is 28.6 Å². The van der Waals surface area contributed by atoms with Crippen molar-refractivity contribution in [2.45, 2.75) is 39.6 Å². The Labute approximate surface area is 470 Å². The minimum atomic E-state index is -4.44. The highest BCUT2D eigenvalue weighted by Gasteiger charge is 2.36. The van der Waals surface area contributed by atoms with Gasteiger partial charge in [-0.05, 0) is 95.8 Å². The molecule has 79 heavy (non-hydrogen) atoms. The predicted molar refractivity (Wildman–Crippen MR) is 297 cm³/mol. The molecule has 1 aliphatic rings. The first kappa shape index (κ1) is 56.9. The molecule has 0 N–H and O–H groups in total. The van der Waals surface area contributed by atoms with Crippen molar-refractivity contribution in [3.8, 4) is 61.8 Å². The number of benzene rings is 5. The smallest absolute Gasteiger partial charge is 0.348 e. The number of hydrogen-bond donors (Lipinski definition) is 0. The van der Waals surface area contributed by atoms with Gasteiger partial charge in [-0.3, -0.25) is 9.46 Å². The van der Waals surface area contributed by atoms with Gasteiger partial charge in [0.1, 0.15) is 67.1 Å². The molecule has 8 aromatic rings. The lowest BCUT2D eigenvalue weighted by Gasteiger charge is -2.41. The van der Waals surface area contributed by atoms with Crippen molar-refractivity contribution < 1.29 is 60.9 Å². The Kier molecular flexibility index (Phi) is 18.1. The van der Waals surface area contributed by atoms with Gasteiger partial charge in [-0.15, -0.1) is 16.0 Å². The van der Waals surface area contributed by atoms with Crippen molar-refractivity contribution in [2.75, 3.05) is 67.7 Å². The summed E-state index contributed by atoms with van der Waals surface area (Å²) in [4.78, 5) is 48.6. The van der Waals surface area contributed by atoms with E-state index in [9.17, 15) is 18.6 Å². The number of phosphoric ester groups is 1. The van der Waals surface area contributed by atoms with E-state index in [1.54, 1.807) is 76.0 Å². The number of quaternary nitrogens is 1. The number of esters is 1. The number of para-hydroxylation sites is 2. The van der Waals surface area contributed by atoms with Crippen LogP contribution in [0.15, 0.2) is 116 Å². The number of nitrogens with zero attached hydrogens (tertiary/aromatic N) is 6. The number of halogens is 3. The van der Waals surface area contributed by atoms with Crippen LogP contribution in [0.25, 0.3) is 43.2 Å². The molecule has 22 heteroatoms. The predicted octanol–water partition coefficient (Wildman–Crippen LogP) is 11.1. The molecule has 9 rings (SSSR count). The Balaban J connectivity index is 1.05. The first-order chi connectivity index (χ1) is 38.1. The molecule has 2 atom stereocenters. The molecule has 1 saturated heterocycles. The Morgan fingerprint density at radius 1 is 0.835 bits per heavy atom. The Bertz CT molecular complexity index is 3490. The van der Waals surface area contributed by atoms with Crippen LogP contribution in [0.1, 0.15) is 27.9 Å². The number of piperazine rings is 1. The van der Waals surface area contributed by atoms with Crippen LogP contribution in [0.5, 0.6) is 28.9 Å². The second kappa shape index (κ2) is 25.1. The molecule has 0 spiro atoms. The first-order valence-corrected chi connectivity index (χ1v) is 28.0. The van der Waals surface area contributed by atoms with E-state index in [0.717, 1.165) is 18.2 Å². The third kappa shape index (κ3) is 13.3. The summed E-state index contributed by atoms with van der Waals surface area (Å²) in [5, 5.41) is 0.959. The highest BCUT2D eigenvalue weighted by molar-refractivity contribution is 7.45. The molecule has 0 aliphatic carbocycles.